The van der Waals surface area contributed by atoms with Gasteiger partial charge in [-0.1, -0.05) is 0 Å². The molecule has 0 aromatic carbocycles. The van der Waals surface area contributed by atoms with Crippen molar-refractivity contribution >= 4 is 11.9 Å². The second-order valence-electron chi connectivity index (χ2n) is 3.01. The summed E-state index contributed by atoms with van der Waals surface area (Å²) in [6.45, 7) is 3.86. The maximum absolute atomic E-state index is 11.5. The summed E-state index contributed by atoms with van der Waals surface area (Å²) in [5.74, 6) is -1.19. The van der Waals surface area contributed by atoms with Gasteiger partial charge in [-0.3, -0.25) is 4.68 Å². The van der Waals surface area contributed by atoms with Gasteiger partial charge in [-0.05, 0) is 13.8 Å². The van der Waals surface area contributed by atoms with Crippen LogP contribution in [-0.4, -0.2) is 34.9 Å². The smallest absolute Gasteiger partial charge is 0.359 e. The molecule has 6 nitrogen and oxygen atoms in total. The largest absolute Gasteiger partial charge is 0.462 e. The van der Waals surface area contributed by atoms with Gasteiger partial charge in [0.25, 0.3) is 0 Å². The number of carbonyl (C=O) groups is 2. The number of nitrogens with zero attached hydrogens (tertiary/aromatic N) is 2. The van der Waals surface area contributed by atoms with Crippen molar-refractivity contribution in [3.63, 3.8) is 0 Å². The van der Waals surface area contributed by atoms with Crippen LogP contribution in [0.1, 0.15) is 34.7 Å². The van der Waals surface area contributed by atoms with Crippen LogP contribution in [0.4, 0.5) is 0 Å². The van der Waals surface area contributed by atoms with Crippen LogP contribution in [0.2, 0.25) is 0 Å². The molecule has 1 aromatic heterocycles. The number of ether oxygens (including phenoxy) is 2. The fraction of sp³-hybridized carbons (Fsp3) is 0.500. The van der Waals surface area contributed by atoms with Crippen LogP contribution in [0.3, 0.4) is 0 Å². The molecule has 88 valence electrons. The Balaban J connectivity index is 2.99. The van der Waals surface area contributed by atoms with Crippen LogP contribution in [0.5, 0.6) is 0 Å². The van der Waals surface area contributed by atoms with Gasteiger partial charge in [0.2, 0.25) is 0 Å². The Morgan fingerprint density at radius 2 is 1.81 bits per heavy atom. The molecule has 0 saturated carbocycles. The van der Waals surface area contributed by atoms with Crippen molar-refractivity contribution in [2.45, 2.75) is 13.8 Å². The van der Waals surface area contributed by atoms with Gasteiger partial charge < -0.3 is 9.47 Å². The molecule has 0 bridgehead atoms. The van der Waals surface area contributed by atoms with E-state index in [1.807, 2.05) is 0 Å². The number of rotatable bonds is 4. The number of hydrogen-bond donors (Lipinski definition) is 0. The molecule has 0 amide bonds. The van der Waals surface area contributed by atoms with E-state index in [9.17, 15) is 9.59 Å². The Hall–Kier alpha value is -1.85. The SMILES string of the molecule is CCOC(=O)c1cn(C)nc1C(=O)OCC. The third-order valence-corrected chi connectivity index (χ3v) is 1.79. The van der Waals surface area contributed by atoms with Crippen LogP contribution >= 0.6 is 0 Å². The average molecular weight is 226 g/mol. The maximum Gasteiger partial charge on any atom is 0.359 e. The molecule has 0 radical (unpaired) electrons. The van der Waals surface area contributed by atoms with Crippen molar-refractivity contribution in [3.8, 4) is 0 Å². The van der Waals surface area contributed by atoms with Crippen molar-refractivity contribution in [3.05, 3.63) is 17.5 Å². The van der Waals surface area contributed by atoms with Crippen molar-refractivity contribution < 1.29 is 19.1 Å². The van der Waals surface area contributed by atoms with Crippen molar-refractivity contribution in [2.24, 2.45) is 7.05 Å². The highest BCUT2D eigenvalue weighted by Crippen LogP contribution is 2.09. The van der Waals surface area contributed by atoms with Crippen LogP contribution in [0.25, 0.3) is 0 Å². The summed E-state index contributed by atoms with van der Waals surface area (Å²) in [7, 11) is 1.62. The predicted octanol–water partition coefficient (Wildman–Crippen LogP) is 0.774. The first kappa shape index (κ1) is 12.2. The van der Waals surface area contributed by atoms with E-state index in [1.54, 1.807) is 20.9 Å². The van der Waals surface area contributed by atoms with Gasteiger partial charge in [0.15, 0.2) is 5.69 Å². The highest BCUT2D eigenvalue weighted by atomic mass is 16.5. The van der Waals surface area contributed by atoms with E-state index in [-0.39, 0.29) is 24.5 Å². The summed E-state index contributed by atoms with van der Waals surface area (Å²) in [5.41, 5.74) is 0.116. The quantitative estimate of drug-likeness (QED) is 0.709. The van der Waals surface area contributed by atoms with E-state index < -0.39 is 11.9 Å². The summed E-state index contributed by atoms with van der Waals surface area (Å²) in [4.78, 5) is 23.0. The molecule has 0 spiro atoms. The predicted molar refractivity (Wildman–Crippen MR) is 55.1 cm³/mol. The Labute approximate surface area is 93.1 Å². The number of aryl methyl sites for hydroxylation is 1. The lowest BCUT2D eigenvalue weighted by atomic mass is 10.2. The van der Waals surface area contributed by atoms with E-state index in [4.69, 9.17) is 9.47 Å². The molecule has 0 aliphatic heterocycles. The standard InChI is InChI=1S/C10H14N2O4/c1-4-15-9(13)7-6-12(3)11-8(7)10(14)16-5-2/h6H,4-5H2,1-3H3. The van der Waals surface area contributed by atoms with Gasteiger partial charge in [0, 0.05) is 13.2 Å². The zero-order chi connectivity index (χ0) is 12.1. The highest BCUT2D eigenvalue weighted by molar-refractivity contribution is 6.01. The summed E-state index contributed by atoms with van der Waals surface area (Å²) in [6, 6.07) is 0. The van der Waals surface area contributed by atoms with Crippen LogP contribution in [-0.2, 0) is 16.5 Å². The van der Waals surface area contributed by atoms with Crippen molar-refractivity contribution in [2.75, 3.05) is 13.2 Å². The average Bonchev–Trinajstić information content (AvgIpc) is 2.61. The monoisotopic (exact) mass is 226 g/mol. The summed E-state index contributed by atoms with van der Waals surface area (Å²) >= 11 is 0. The number of aromatic nitrogens is 2. The van der Waals surface area contributed by atoms with Crippen LogP contribution < -0.4 is 0 Å². The summed E-state index contributed by atoms with van der Waals surface area (Å²) < 4.78 is 11.0. The maximum atomic E-state index is 11.5. The molecule has 1 aromatic rings. The van der Waals surface area contributed by atoms with E-state index in [2.05, 4.69) is 5.10 Å². The third-order valence-electron chi connectivity index (χ3n) is 1.79. The van der Waals surface area contributed by atoms with Gasteiger partial charge in [-0.2, -0.15) is 5.10 Å². The van der Waals surface area contributed by atoms with E-state index in [0.29, 0.717) is 0 Å². The van der Waals surface area contributed by atoms with E-state index in [0.717, 1.165) is 0 Å². The van der Waals surface area contributed by atoms with Crippen LogP contribution in [0, 0.1) is 0 Å². The lowest BCUT2D eigenvalue weighted by Gasteiger charge is -2.01. The molecule has 1 rings (SSSR count). The normalized spacial score (nSPS) is 9.94. The zero-order valence-electron chi connectivity index (χ0n) is 9.52. The lowest BCUT2D eigenvalue weighted by molar-refractivity contribution is 0.0475. The minimum Gasteiger partial charge on any atom is -0.462 e. The molecule has 6 heteroatoms. The lowest BCUT2D eigenvalue weighted by Crippen LogP contribution is -2.13. The Kier molecular flexibility index (Phi) is 4.04. The van der Waals surface area contributed by atoms with Gasteiger partial charge in [0.1, 0.15) is 5.56 Å². The van der Waals surface area contributed by atoms with Gasteiger partial charge in [-0.15, -0.1) is 0 Å². The minimum absolute atomic E-state index is 0.0113. The first-order valence-electron chi connectivity index (χ1n) is 4.98. The molecule has 16 heavy (non-hydrogen) atoms. The second kappa shape index (κ2) is 5.29. The number of carbonyl (C=O) groups excluding carboxylic acids is 2. The molecule has 0 fully saturated rings. The first-order valence-corrected chi connectivity index (χ1v) is 4.98. The molecule has 0 aliphatic carbocycles. The first-order chi connectivity index (χ1) is 7.60. The molecular formula is C10H14N2O4. The second-order valence-corrected chi connectivity index (χ2v) is 3.01. The van der Waals surface area contributed by atoms with Crippen molar-refractivity contribution in [1.82, 2.24) is 9.78 Å². The fourth-order valence-corrected chi connectivity index (χ4v) is 1.20. The molecule has 0 unspecified atom stereocenters. The Morgan fingerprint density at radius 1 is 1.25 bits per heavy atom. The van der Waals surface area contributed by atoms with Gasteiger partial charge in [0.05, 0.1) is 13.2 Å². The molecule has 0 N–H and O–H groups in total. The topological polar surface area (TPSA) is 70.4 Å². The fourth-order valence-electron chi connectivity index (χ4n) is 1.20. The van der Waals surface area contributed by atoms with Crippen molar-refractivity contribution in [1.29, 1.82) is 0 Å². The molecule has 1 heterocycles. The van der Waals surface area contributed by atoms with E-state index >= 15 is 0 Å². The molecule has 0 aliphatic rings. The van der Waals surface area contributed by atoms with Gasteiger partial charge >= 0.3 is 11.9 Å². The Morgan fingerprint density at radius 3 is 2.38 bits per heavy atom. The van der Waals surface area contributed by atoms with Crippen LogP contribution in [0.15, 0.2) is 6.20 Å². The molecular weight excluding hydrogens is 212 g/mol. The van der Waals surface area contributed by atoms with Gasteiger partial charge in [-0.25, -0.2) is 9.59 Å². The highest BCUT2D eigenvalue weighted by Gasteiger charge is 2.23. The molecule has 0 saturated heterocycles. The summed E-state index contributed by atoms with van der Waals surface area (Å²) in [5, 5.41) is 3.87. The number of esters is 2. The Bertz CT molecular complexity index is 362. The van der Waals surface area contributed by atoms with E-state index in [1.165, 1.54) is 10.9 Å². The minimum atomic E-state index is -0.619. The zero-order valence-corrected chi connectivity index (χ0v) is 9.52. The summed E-state index contributed by atoms with van der Waals surface area (Å²) in [6.07, 6.45) is 1.43. The molecule has 0 atom stereocenters. The third kappa shape index (κ3) is 2.59. The number of hydrogen-bond acceptors (Lipinski definition) is 5.